The SMILES string of the molecule is O=C1CCC(N2Cc3cccc(SCCOCCCOCCCBr)c3C2)C(=O)N1. The first kappa shape index (κ1) is 22.7. The summed E-state index contributed by atoms with van der Waals surface area (Å²) in [5.41, 5.74) is 2.59. The molecule has 2 aliphatic rings. The second kappa shape index (κ2) is 12.1. The number of rotatable bonds is 12. The van der Waals surface area contributed by atoms with Crippen LogP contribution < -0.4 is 5.32 Å². The number of carbonyl (C=O) groups excluding carboxylic acids is 2. The van der Waals surface area contributed by atoms with Gasteiger partial charge in [0.2, 0.25) is 11.8 Å². The molecule has 1 fully saturated rings. The quantitative estimate of drug-likeness (QED) is 0.213. The fourth-order valence-electron chi connectivity index (χ4n) is 3.64. The second-order valence-electron chi connectivity index (χ2n) is 7.24. The third-order valence-electron chi connectivity index (χ3n) is 5.10. The number of thioether (sulfide) groups is 1. The molecule has 1 aromatic rings. The fraction of sp³-hybridized carbons (Fsp3) is 0.619. The average molecular weight is 485 g/mol. The van der Waals surface area contributed by atoms with Crippen LogP contribution in [0.5, 0.6) is 0 Å². The van der Waals surface area contributed by atoms with Crippen molar-refractivity contribution in [3.63, 3.8) is 0 Å². The summed E-state index contributed by atoms with van der Waals surface area (Å²) in [5, 5.41) is 3.45. The van der Waals surface area contributed by atoms with E-state index in [4.69, 9.17) is 9.47 Å². The van der Waals surface area contributed by atoms with E-state index in [0.717, 1.165) is 56.8 Å². The number of benzene rings is 1. The van der Waals surface area contributed by atoms with Crippen LogP contribution in [0.2, 0.25) is 0 Å². The summed E-state index contributed by atoms with van der Waals surface area (Å²) >= 11 is 5.19. The van der Waals surface area contributed by atoms with E-state index >= 15 is 0 Å². The van der Waals surface area contributed by atoms with E-state index in [0.29, 0.717) is 19.4 Å². The van der Waals surface area contributed by atoms with E-state index in [-0.39, 0.29) is 17.9 Å². The predicted molar refractivity (Wildman–Crippen MR) is 117 cm³/mol. The molecule has 6 nitrogen and oxygen atoms in total. The van der Waals surface area contributed by atoms with Crippen LogP contribution in [0.1, 0.15) is 36.8 Å². The monoisotopic (exact) mass is 484 g/mol. The van der Waals surface area contributed by atoms with Gasteiger partial charge in [0, 0.05) is 55.3 Å². The Morgan fingerprint density at radius 3 is 2.69 bits per heavy atom. The van der Waals surface area contributed by atoms with E-state index < -0.39 is 0 Å². The van der Waals surface area contributed by atoms with E-state index in [9.17, 15) is 9.59 Å². The molecule has 1 unspecified atom stereocenters. The van der Waals surface area contributed by atoms with E-state index in [1.807, 2.05) is 11.8 Å². The zero-order chi connectivity index (χ0) is 20.5. The van der Waals surface area contributed by atoms with Gasteiger partial charge < -0.3 is 9.47 Å². The molecule has 2 heterocycles. The molecule has 29 heavy (non-hydrogen) atoms. The summed E-state index contributed by atoms with van der Waals surface area (Å²) in [6.45, 7) is 4.52. The van der Waals surface area contributed by atoms with Crippen molar-refractivity contribution in [1.82, 2.24) is 10.2 Å². The highest BCUT2D eigenvalue weighted by Crippen LogP contribution is 2.34. The minimum absolute atomic E-state index is 0.159. The zero-order valence-corrected chi connectivity index (χ0v) is 19.1. The van der Waals surface area contributed by atoms with Crippen LogP contribution in [0.3, 0.4) is 0 Å². The lowest BCUT2D eigenvalue weighted by Gasteiger charge is -2.29. The zero-order valence-electron chi connectivity index (χ0n) is 16.7. The molecule has 2 amide bonds. The molecule has 3 rings (SSSR count). The lowest BCUT2D eigenvalue weighted by atomic mass is 10.0. The summed E-state index contributed by atoms with van der Waals surface area (Å²) in [5.74, 6) is 0.580. The average Bonchev–Trinajstić information content (AvgIpc) is 3.14. The normalized spacial score (nSPS) is 19.4. The van der Waals surface area contributed by atoms with Crippen molar-refractivity contribution >= 4 is 39.5 Å². The van der Waals surface area contributed by atoms with Crippen molar-refractivity contribution in [1.29, 1.82) is 0 Å². The van der Waals surface area contributed by atoms with E-state index in [1.54, 1.807) is 0 Å². The molecule has 0 bridgehead atoms. The number of halogens is 1. The molecular weight excluding hydrogens is 456 g/mol. The Morgan fingerprint density at radius 1 is 1.10 bits per heavy atom. The van der Waals surface area contributed by atoms with Gasteiger partial charge in [-0.05, 0) is 36.5 Å². The number of hydrogen-bond acceptors (Lipinski definition) is 6. The number of alkyl halides is 1. The molecule has 0 aromatic heterocycles. The van der Waals surface area contributed by atoms with Gasteiger partial charge in [0.25, 0.3) is 0 Å². The molecule has 2 aliphatic heterocycles. The fourth-order valence-corrected chi connectivity index (χ4v) is 4.83. The number of fused-ring (bicyclic) bond motifs is 1. The number of carbonyl (C=O) groups is 2. The highest BCUT2D eigenvalue weighted by molar-refractivity contribution is 9.09. The summed E-state index contributed by atoms with van der Waals surface area (Å²) in [6.07, 6.45) is 2.99. The summed E-state index contributed by atoms with van der Waals surface area (Å²) < 4.78 is 11.2. The molecular formula is C21H29BrN2O4S. The van der Waals surface area contributed by atoms with Gasteiger partial charge in [-0.2, -0.15) is 0 Å². The predicted octanol–water partition coefficient (Wildman–Crippen LogP) is 3.11. The molecule has 1 saturated heterocycles. The Bertz CT molecular complexity index is 703. The number of ether oxygens (including phenoxy) is 2. The van der Waals surface area contributed by atoms with Crippen LogP contribution in [0.25, 0.3) is 0 Å². The minimum atomic E-state index is -0.210. The molecule has 8 heteroatoms. The van der Waals surface area contributed by atoms with Crippen molar-refractivity contribution in [3.05, 3.63) is 29.3 Å². The molecule has 1 aromatic carbocycles. The van der Waals surface area contributed by atoms with Crippen LogP contribution in [0, 0.1) is 0 Å². The van der Waals surface area contributed by atoms with Crippen LogP contribution >= 0.6 is 27.7 Å². The van der Waals surface area contributed by atoms with E-state index in [2.05, 4.69) is 44.3 Å². The largest absolute Gasteiger partial charge is 0.381 e. The third-order valence-corrected chi connectivity index (χ3v) is 6.73. The second-order valence-corrected chi connectivity index (χ2v) is 9.16. The van der Waals surface area contributed by atoms with Gasteiger partial charge in [0.1, 0.15) is 0 Å². The number of nitrogens with zero attached hydrogens (tertiary/aromatic N) is 1. The molecule has 0 spiro atoms. The third kappa shape index (κ3) is 6.79. The molecule has 1 atom stereocenters. The van der Waals surface area contributed by atoms with Crippen molar-refractivity contribution in [3.8, 4) is 0 Å². The standard InChI is InChI=1S/C21H29BrN2O4S/c22-8-2-9-27-10-3-11-28-12-13-29-19-5-1-4-16-14-24(15-17(16)19)18-6-7-20(25)23-21(18)26/h1,4-5,18H,2-3,6-15H2,(H,23,25,26). The number of piperidine rings is 1. The van der Waals surface area contributed by atoms with Crippen LogP contribution in [0.4, 0.5) is 0 Å². The Kier molecular flexibility index (Phi) is 9.45. The van der Waals surface area contributed by atoms with Crippen LogP contribution in [-0.2, 0) is 32.2 Å². The summed E-state index contributed by atoms with van der Waals surface area (Å²) in [7, 11) is 0. The molecule has 160 valence electrons. The number of hydrogen-bond donors (Lipinski definition) is 1. The smallest absolute Gasteiger partial charge is 0.243 e. The van der Waals surface area contributed by atoms with Crippen molar-refractivity contribution < 1.29 is 19.1 Å². The Balaban J connectivity index is 1.38. The number of amides is 2. The molecule has 0 saturated carbocycles. The number of nitrogens with one attached hydrogen (secondary N) is 1. The van der Waals surface area contributed by atoms with Crippen molar-refractivity contribution in [2.75, 3.05) is 37.5 Å². The number of imide groups is 1. The molecule has 1 N–H and O–H groups in total. The maximum Gasteiger partial charge on any atom is 0.243 e. The first-order valence-corrected chi connectivity index (χ1v) is 12.3. The maximum absolute atomic E-state index is 12.2. The summed E-state index contributed by atoms with van der Waals surface area (Å²) in [6, 6.07) is 6.16. The lowest BCUT2D eigenvalue weighted by molar-refractivity contribution is -0.137. The van der Waals surface area contributed by atoms with E-state index in [1.165, 1.54) is 16.0 Å². The first-order valence-electron chi connectivity index (χ1n) is 10.2. The molecule has 0 radical (unpaired) electrons. The summed E-state index contributed by atoms with van der Waals surface area (Å²) in [4.78, 5) is 27.0. The van der Waals surface area contributed by atoms with Gasteiger partial charge in [-0.3, -0.25) is 19.8 Å². The lowest BCUT2D eigenvalue weighted by Crippen LogP contribution is -2.50. The Hall–Kier alpha value is -0.930. The highest BCUT2D eigenvalue weighted by Gasteiger charge is 2.35. The van der Waals surface area contributed by atoms with Gasteiger partial charge in [-0.1, -0.05) is 28.1 Å². The maximum atomic E-state index is 12.2. The Labute approximate surface area is 185 Å². The first-order chi connectivity index (χ1) is 14.2. The van der Waals surface area contributed by atoms with Gasteiger partial charge in [-0.15, -0.1) is 11.8 Å². The van der Waals surface area contributed by atoms with Crippen LogP contribution in [0.15, 0.2) is 23.1 Å². The van der Waals surface area contributed by atoms with Crippen LogP contribution in [-0.4, -0.2) is 60.3 Å². The van der Waals surface area contributed by atoms with Gasteiger partial charge in [0.05, 0.1) is 12.6 Å². The van der Waals surface area contributed by atoms with Crippen molar-refractivity contribution in [2.45, 2.75) is 49.7 Å². The van der Waals surface area contributed by atoms with Gasteiger partial charge in [0.15, 0.2) is 0 Å². The van der Waals surface area contributed by atoms with Gasteiger partial charge in [-0.25, -0.2) is 0 Å². The highest BCUT2D eigenvalue weighted by atomic mass is 79.9. The molecule has 0 aliphatic carbocycles. The minimum Gasteiger partial charge on any atom is -0.381 e. The van der Waals surface area contributed by atoms with Crippen molar-refractivity contribution in [2.24, 2.45) is 0 Å². The van der Waals surface area contributed by atoms with Gasteiger partial charge >= 0.3 is 0 Å². The topological polar surface area (TPSA) is 67.9 Å². The Morgan fingerprint density at radius 2 is 1.90 bits per heavy atom.